The van der Waals surface area contributed by atoms with E-state index in [4.69, 9.17) is 9.84 Å². The van der Waals surface area contributed by atoms with Gasteiger partial charge in [-0.3, -0.25) is 4.79 Å². The Labute approximate surface area is 91.0 Å². The molecule has 0 aromatic heterocycles. The fraction of sp³-hybridized carbons (Fsp3) is 0.909. The second kappa shape index (κ2) is 6.08. The molecule has 2 N–H and O–H groups in total. The van der Waals surface area contributed by atoms with Gasteiger partial charge in [-0.1, -0.05) is 6.92 Å². The number of aliphatic hydroxyl groups is 1. The van der Waals surface area contributed by atoms with Crippen molar-refractivity contribution in [3.05, 3.63) is 0 Å². The van der Waals surface area contributed by atoms with Crippen molar-refractivity contribution in [2.45, 2.75) is 32.2 Å². The van der Waals surface area contributed by atoms with Crippen molar-refractivity contribution in [3.8, 4) is 0 Å². The van der Waals surface area contributed by atoms with Gasteiger partial charge in [0.1, 0.15) is 0 Å². The van der Waals surface area contributed by atoms with E-state index in [0.29, 0.717) is 18.9 Å². The van der Waals surface area contributed by atoms with Gasteiger partial charge in [0.05, 0.1) is 12.6 Å². The zero-order chi connectivity index (χ0) is 11.3. The lowest BCUT2D eigenvalue weighted by atomic mass is 10.0. The monoisotopic (exact) mass is 215 g/mol. The number of nitrogens with one attached hydrogen (secondary N) is 1. The summed E-state index contributed by atoms with van der Waals surface area (Å²) >= 11 is 0. The highest BCUT2D eigenvalue weighted by molar-refractivity contribution is 5.79. The Balaban J connectivity index is 2.31. The molecule has 1 aliphatic carbocycles. The highest BCUT2D eigenvalue weighted by atomic mass is 16.5. The largest absolute Gasteiger partial charge is 0.396 e. The summed E-state index contributed by atoms with van der Waals surface area (Å²) in [5, 5.41) is 11.7. The Kier molecular flexibility index (Phi) is 5.05. The number of amides is 1. The van der Waals surface area contributed by atoms with Crippen LogP contribution in [0.1, 0.15) is 26.2 Å². The van der Waals surface area contributed by atoms with Crippen LogP contribution in [-0.2, 0) is 9.53 Å². The topological polar surface area (TPSA) is 58.6 Å². The van der Waals surface area contributed by atoms with Crippen molar-refractivity contribution in [1.82, 2.24) is 5.32 Å². The number of methoxy groups -OCH3 is 1. The molecule has 2 unspecified atom stereocenters. The standard InChI is InChI=1S/C11H21NO3/c1-8(9-3-4-9)11(14)12-10(5-6-13)7-15-2/h8-10,13H,3-7H2,1-2H3,(H,12,14). The van der Waals surface area contributed by atoms with E-state index in [1.165, 1.54) is 12.8 Å². The summed E-state index contributed by atoms with van der Waals surface area (Å²) in [6.07, 6.45) is 2.89. The molecule has 0 saturated heterocycles. The Morgan fingerprint density at radius 3 is 2.73 bits per heavy atom. The second-order valence-corrected chi connectivity index (χ2v) is 4.30. The molecule has 1 aliphatic rings. The summed E-state index contributed by atoms with van der Waals surface area (Å²) in [5.41, 5.74) is 0. The molecule has 88 valence electrons. The molecule has 1 amide bonds. The van der Waals surface area contributed by atoms with E-state index in [1.54, 1.807) is 7.11 Å². The van der Waals surface area contributed by atoms with E-state index in [-0.39, 0.29) is 24.5 Å². The summed E-state index contributed by atoms with van der Waals surface area (Å²) in [7, 11) is 1.60. The minimum absolute atomic E-state index is 0.0614. The molecule has 4 nitrogen and oxygen atoms in total. The number of aliphatic hydroxyl groups excluding tert-OH is 1. The van der Waals surface area contributed by atoms with Crippen molar-refractivity contribution in [1.29, 1.82) is 0 Å². The quantitative estimate of drug-likeness (QED) is 0.652. The summed E-state index contributed by atoms with van der Waals surface area (Å²) in [4.78, 5) is 11.7. The van der Waals surface area contributed by atoms with Crippen LogP contribution in [0.4, 0.5) is 0 Å². The molecule has 0 aromatic carbocycles. The average molecular weight is 215 g/mol. The van der Waals surface area contributed by atoms with Gasteiger partial charge in [0, 0.05) is 19.6 Å². The van der Waals surface area contributed by atoms with Gasteiger partial charge >= 0.3 is 0 Å². The smallest absolute Gasteiger partial charge is 0.223 e. The Morgan fingerprint density at radius 2 is 2.27 bits per heavy atom. The average Bonchev–Trinajstić information content (AvgIpc) is 3.00. The SMILES string of the molecule is COCC(CCO)NC(=O)C(C)C1CC1. The molecule has 0 bridgehead atoms. The lowest BCUT2D eigenvalue weighted by Gasteiger charge is -2.19. The molecule has 0 radical (unpaired) electrons. The third-order valence-corrected chi connectivity index (χ3v) is 2.93. The van der Waals surface area contributed by atoms with Crippen molar-refractivity contribution >= 4 is 5.91 Å². The van der Waals surface area contributed by atoms with E-state index < -0.39 is 0 Å². The minimum Gasteiger partial charge on any atom is -0.396 e. The molecule has 1 fully saturated rings. The van der Waals surface area contributed by atoms with Crippen LogP contribution in [0.15, 0.2) is 0 Å². The van der Waals surface area contributed by atoms with Gasteiger partial charge in [0.15, 0.2) is 0 Å². The number of carbonyl (C=O) groups is 1. The summed E-state index contributed by atoms with van der Waals surface area (Å²) < 4.78 is 4.99. The molecular formula is C11H21NO3. The van der Waals surface area contributed by atoms with E-state index in [0.717, 1.165) is 0 Å². The van der Waals surface area contributed by atoms with Crippen LogP contribution >= 0.6 is 0 Å². The van der Waals surface area contributed by atoms with Crippen molar-refractivity contribution < 1.29 is 14.6 Å². The first kappa shape index (κ1) is 12.5. The van der Waals surface area contributed by atoms with Crippen LogP contribution < -0.4 is 5.32 Å². The van der Waals surface area contributed by atoms with Crippen molar-refractivity contribution in [2.75, 3.05) is 20.3 Å². The van der Waals surface area contributed by atoms with Crippen molar-refractivity contribution in [2.24, 2.45) is 11.8 Å². The molecule has 15 heavy (non-hydrogen) atoms. The molecule has 0 spiro atoms. The van der Waals surface area contributed by atoms with Crippen LogP contribution in [0.5, 0.6) is 0 Å². The molecular weight excluding hydrogens is 194 g/mol. The van der Waals surface area contributed by atoms with E-state index in [1.807, 2.05) is 6.92 Å². The lowest BCUT2D eigenvalue weighted by molar-refractivity contribution is -0.126. The Morgan fingerprint density at radius 1 is 1.60 bits per heavy atom. The second-order valence-electron chi connectivity index (χ2n) is 4.30. The van der Waals surface area contributed by atoms with Crippen LogP contribution in [0.3, 0.4) is 0 Å². The number of carbonyl (C=O) groups excluding carboxylic acids is 1. The predicted molar refractivity (Wildman–Crippen MR) is 57.4 cm³/mol. The zero-order valence-electron chi connectivity index (χ0n) is 9.53. The van der Waals surface area contributed by atoms with Gasteiger partial charge in [-0.15, -0.1) is 0 Å². The number of hydrogen-bond acceptors (Lipinski definition) is 3. The van der Waals surface area contributed by atoms with E-state index >= 15 is 0 Å². The third-order valence-electron chi connectivity index (χ3n) is 2.93. The van der Waals surface area contributed by atoms with Gasteiger partial charge in [-0.2, -0.15) is 0 Å². The Hall–Kier alpha value is -0.610. The molecule has 0 aliphatic heterocycles. The normalized spacial score (nSPS) is 19.7. The van der Waals surface area contributed by atoms with Gasteiger partial charge in [-0.25, -0.2) is 0 Å². The highest BCUT2D eigenvalue weighted by Gasteiger charge is 2.33. The first-order chi connectivity index (χ1) is 7.19. The first-order valence-electron chi connectivity index (χ1n) is 5.59. The summed E-state index contributed by atoms with van der Waals surface area (Å²) in [5.74, 6) is 0.762. The zero-order valence-corrected chi connectivity index (χ0v) is 9.53. The lowest BCUT2D eigenvalue weighted by Crippen LogP contribution is -2.41. The molecule has 1 saturated carbocycles. The molecule has 0 heterocycles. The first-order valence-corrected chi connectivity index (χ1v) is 5.59. The summed E-state index contributed by atoms with van der Waals surface area (Å²) in [6, 6.07) is -0.0614. The van der Waals surface area contributed by atoms with Gasteiger partial charge < -0.3 is 15.2 Å². The number of ether oxygens (including phenoxy) is 1. The predicted octanol–water partition coefficient (Wildman–Crippen LogP) is 0.546. The van der Waals surface area contributed by atoms with Gasteiger partial charge in [0.25, 0.3) is 0 Å². The number of hydrogen-bond donors (Lipinski definition) is 2. The van der Waals surface area contributed by atoms with Crippen LogP contribution in [0, 0.1) is 11.8 Å². The maximum absolute atomic E-state index is 11.7. The Bertz CT molecular complexity index is 198. The molecule has 2 atom stereocenters. The van der Waals surface area contributed by atoms with Gasteiger partial charge in [-0.05, 0) is 25.2 Å². The van der Waals surface area contributed by atoms with E-state index in [9.17, 15) is 4.79 Å². The van der Waals surface area contributed by atoms with Crippen LogP contribution in [0.25, 0.3) is 0 Å². The molecule has 1 rings (SSSR count). The van der Waals surface area contributed by atoms with Crippen LogP contribution in [-0.4, -0.2) is 37.4 Å². The molecule has 4 heteroatoms. The minimum atomic E-state index is -0.0614. The fourth-order valence-corrected chi connectivity index (χ4v) is 1.70. The number of rotatable bonds is 7. The summed E-state index contributed by atoms with van der Waals surface area (Å²) in [6.45, 7) is 2.51. The van der Waals surface area contributed by atoms with Gasteiger partial charge in [0.2, 0.25) is 5.91 Å². The maximum atomic E-state index is 11.7. The van der Waals surface area contributed by atoms with Crippen molar-refractivity contribution in [3.63, 3.8) is 0 Å². The highest BCUT2D eigenvalue weighted by Crippen LogP contribution is 2.36. The third kappa shape index (κ3) is 4.18. The molecule has 0 aromatic rings. The van der Waals surface area contributed by atoms with Crippen LogP contribution in [0.2, 0.25) is 0 Å². The van der Waals surface area contributed by atoms with E-state index in [2.05, 4.69) is 5.32 Å². The fourth-order valence-electron chi connectivity index (χ4n) is 1.70. The maximum Gasteiger partial charge on any atom is 0.223 e.